The Bertz CT molecular complexity index is 808. The van der Waals surface area contributed by atoms with E-state index in [0.717, 1.165) is 50.9 Å². The summed E-state index contributed by atoms with van der Waals surface area (Å²) >= 11 is 0. The van der Waals surface area contributed by atoms with Gasteiger partial charge in [0.1, 0.15) is 11.3 Å². The van der Waals surface area contributed by atoms with Crippen LogP contribution in [0.3, 0.4) is 0 Å². The minimum atomic E-state index is -0.728. The lowest BCUT2D eigenvalue weighted by molar-refractivity contribution is -0.132. The molecule has 7 heteroatoms. The third-order valence-corrected chi connectivity index (χ3v) is 5.52. The van der Waals surface area contributed by atoms with Gasteiger partial charge in [-0.05, 0) is 44.9 Å². The zero-order chi connectivity index (χ0) is 20.3. The van der Waals surface area contributed by atoms with Gasteiger partial charge in [-0.15, -0.1) is 0 Å². The minimum absolute atomic E-state index is 0.0152. The zero-order valence-electron chi connectivity index (χ0n) is 16.4. The topological polar surface area (TPSA) is 90.0 Å². The Morgan fingerprint density at radius 3 is 2.43 bits per heavy atom. The first-order valence-corrected chi connectivity index (χ1v) is 9.94. The van der Waals surface area contributed by atoms with Gasteiger partial charge >= 0.3 is 6.03 Å². The van der Waals surface area contributed by atoms with E-state index in [2.05, 4.69) is 10.2 Å². The van der Waals surface area contributed by atoms with E-state index in [-0.39, 0.29) is 17.4 Å². The van der Waals surface area contributed by atoms with E-state index < -0.39 is 17.8 Å². The highest BCUT2D eigenvalue weighted by Gasteiger charge is 2.40. The van der Waals surface area contributed by atoms with E-state index >= 15 is 0 Å². The summed E-state index contributed by atoms with van der Waals surface area (Å²) in [7, 11) is 0. The molecule has 150 valence electrons. The summed E-state index contributed by atoms with van der Waals surface area (Å²) in [6, 6.07) is 4.30. The van der Waals surface area contributed by atoms with Gasteiger partial charge in [0.2, 0.25) is 0 Å². The average Bonchev–Trinajstić information content (AvgIpc) is 2.68. The van der Waals surface area contributed by atoms with Gasteiger partial charge in [0.25, 0.3) is 11.8 Å². The first-order chi connectivity index (χ1) is 13.5. The van der Waals surface area contributed by atoms with Crippen LogP contribution in [0.4, 0.5) is 10.5 Å². The molecule has 2 fully saturated rings. The maximum Gasteiger partial charge on any atom is 0.331 e. The summed E-state index contributed by atoms with van der Waals surface area (Å²) in [5.74, 6) is -1.33. The number of hydrogen-bond acceptors (Lipinski definition) is 5. The largest absolute Gasteiger partial charge is 0.507 e. The van der Waals surface area contributed by atoms with Crippen LogP contribution in [0.15, 0.2) is 23.8 Å². The lowest BCUT2D eigenvalue weighted by Crippen LogP contribution is -2.58. The van der Waals surface area contributed by atoms with Crippen molar-refractivity contribution in [2.75, 3.05) is 18.0 Å². The third-order valence-electron chi connectivity index (χ3n) is 5.52. The van der Waals surface area contributed by atoms with Crippen molar-refractivity contribution < 1.29 is 19.5 Å². The molecule has 1 aliphatic carbocycles. The highest BCUT2D eigenvalue weighted by atomic mass is 16.3. The molecule has 1 saturated carbocycles. The molecule has 0 radical (unpaired) electrons. The van der Waals surface area contributed by atoms with Crippen molar-refractivity contribution in [1.29, 1.82) is 0 Å². The van der Waals surface area contributed by atoms with Crippen molar-refractivity contribution in [1.82, 2.24) is 10.2 Å². The highest BCUT2D eigenvalue weighted by molar-refractivity contribution is 6.31. The maximum atomic E-state index is 12.9. The monoisotopic (exact) mass is 385 g/mol. The van der Waals surface area contributed by atoms with Crippen molar-refractivity contribution in [3.63, 3.8) is 0 Å². The number of imide groups is 2. The maximum absolute atomic E-state index is 12.9. The van der Waals surface area contributed by atoms with Crippen LogP contribution in [0.1, 0.15) is 51.5 Å². The van der Waals surface area contributed by atoms with Gasteiger partial charge in [0, 0.05) is 36.4 Å². The van der Waals surface area contributed by atoms with Gasteiger partial charge in [-0.3, -0.25) is 19.8 Å². The molecule has 0 unspecified atom stereocenters. The molecule has 0 bridgehead atoms. The van der Waals surface area contributed by atoms with Crippen molar-refractivity contribution in [3.05, 3.63) is 29.3 Å². The third kappa shape index (κ3) is 3.88. The molecule has 0 atom stereocenters. The number of phenolic OH excluding ortho intramolecular Hbond substituents is 1. The SMILES string of the molecule is CCN(CC)c1ccc(/C=C2\C(=O)NC(=O)N(C3CCCCC3)C2=O)c(O)c1. The first kappa shape index (κ1) is 19.9. The van der Waals surface area contributed by atoms with E-state index in [1.807, 2.05) is 19.9 Å². The molecular formula is C21H27N3O4. The molecule has 3 rings (SSSR count). The van der Waals surface area contributed by atoms with Crippen molar-refractivity contribution >= 4 is 29.6 Å². The minimum Gasteiger partial charge on any atom is -0.507 e. The first-order valence-electron chi connectivity index (χ1n) is 9.94. The number of hydrogen-bond donors (Lipinski definition) is 2. The molecular weight excluding hydrogens is 358 g/mol. The standard InChI is InChI=1S/C21H27N3O4/c1-3-23(4-2)16-11-10-14(18(25)13-16)12-17-19(26)22-21(28)24(20(17)27)15-8-6-5-7-9-15/h10-13,15,25H,3-9H2,1-2H3,(H,22,26,28)/b17-12+. The number of benzene rings is 1. The molecule has 1 aromatic carbocycles. The number of carbonyl (C=O) groups excluding carboxylic acids is 3. The number of urea groups is 1. The van der Waals surface area contributed by atoms with Crippen LogP contribution < -0.4 is 10.2 Å². The Balaban J connectivity index is 1.90. The second-order valence-electron chi connectivity index (χ2n) is 7.20. The van der Waals surface area contributed by atoms with E-state index in [9.17, 15) is 19.5 Å². The number of amides is 4. The molecule has 7 nitrogen and oxygen atoms in total. The molecule has 4 amide bonds. The number of carbonyl (C=O) groups is 3. The summed E-state index contributed by atoms with van der Waals surface area (Å²) in [5.41, 5.74) is 1.10. The van der Waals surface area contributed by atoms with Gasteiger partial charge in [0.05, 0.1) is 0 Å². The Morgan fingerprint density at radius 1 is 1.14 bits per heavy atom. The van der Waals surface area contributed by atoms with Crippen molar-refractivity contribution in [2.45, 2.75) is 52.0 Å². The molecule has 1 aliphatic heterocycles. The van der Waals surface area contributed by atoms with Crippen molar-refractivity contribution in [3.8, 4) is 5.75 Å². The van der Waals surface area contributed by atoms with Crippen LogP contribution in [0.25, 0.3) is 6.08 Å². The Labute approximate surface area is 165 Å². The molecule has 0 aromatic heterocycles. The smallest absolute Gasteiger partial charge is 0.331 e. The second kappa shape index (κ2) is 8.46. The molecule has 1 saturated heterocycles. The van der Waals surface area contributed by atoms with Crippen LogP contribution >= 0.6 is 0 Å². The van der Waals surface area contributed by atoms with E-state index in [1.165, 1.54) is 11.0 Å². The van der Waals surface area contributed by atoms with Crippen molar-refractivity contribution in [2.24, 2.45) is 0 Å². The normalized spacial score (nSPS) is 19.9. The molecule has 0 spiro atoms. The lowest BCUT2D eigenvalue weighted by atomic mass is 9.93. The number of rotatable bonds is 5. The fourth-order valence-corrected chi connectivity index (χ4v) is 3.94. The molecule has 28 heavy (non-hydrogen) atoms. The van der Waals surface area contributed by atoms with Gasteiger partial charge < -0.3 is 10.0 Å². The molecule has 1 heterocycles. The Kier molecular flexibility index (Phi) is 6.02. The van der Waals surface area contributed by atoms with E-state index in [0.29, 0.717) is 5.56 Å². The number of barbiturate groups is 1. The summed E-state index contributed by atoms with van der Waals surface area (Å²) in [4.78, 5) is 40.7. The molecule has 2 N–H and O–H groups in total. The predicted octanol–water partition coefficient (Wildman–Crippen LogP) is 3.03. The quantitative estimate of drug-likeness (QED) is 0.601. The average molecular weight is 385 g/mol. The van der Waals surface area contributed by atoms with E-state index in [4.69, 9.17) is 0 Å². The Morgan fingerprint density at radius 2 is 1.82 bits per heavy atom. The predicted molar refractivity (Wildman–Crippen MR) is 107 cm³/mol. The van der Waals surface area contributed by atoms with Crippen LogP contribution in [0.5, 0.6) is 5.75 Å². The lowest BCUT2D eigenvalue weighted by Gasteiger charge is -2.35. The van der Waals surface area contributed by atoms with Crippen LogP contribution in [-0.2, 0) is 9.59 Å². The summed E-state index contributed by atoms with van der Waals surface area (Å²) < 4.78 is 0. The number of anilines is 1. The van der Waals surface area contributed by atoms with Gasteiger partial charge in [-0.25, -0.2) is 4.79 Å². The van der Waals surface area contributed by atoms with Crippen LogP contribution in [0.2, 0.25) is 0 Å². The summed E-state index contributed by atoms with van der Waals surface area (Å²) in [6.45, 7) is 5.65. The van der Waals surface area contributed by atoms with Gasteiger partial charge in [-0.1, -0.05) is 19.3 Å². The molecule has 1 aromatic rings. The zero-order valence-corrected chi connectivity index (χ0v) is 16.4. The van der Waals surface area contributed by atoms with Crippen LogP contribution in [0, 0.1) is 0 Å². The fraction of sp³-hybridized carbons (Fsp3) is 0.476. The number of aromatic hydroxyl groups is 1. The number of nitrogens with zero attached hydrogens (tertiary/aromatic N) is 2. The number of nitrogens with one attached hydrogen (secondary N) is 1. The molecule has 2 aliphatic rings. The second-order valence-corrected chi connectivity index (χ2v) is 7.20. The Hall–Kier alpha value is -2.83. The van der Waals surface area contributed by atoms with E-state index in [1.54, 1.807) is 12.1 Å². The summed E-state index contributed by atoms with van der Waals surface area (Å²) in [6.07, 6.45) is 5.88. The highest BCUT2D eigenvalue weighted by Crippen LogP contribution is 2.29. The number of phenols is 1. The van der Waals surface area contributed by atoms with Gasteiger partial charge in [0.15, 0.2) is 0 Å². The van der Waals surface area contributed by atoms with Crippen LogP contribution in [-0.4, -0.2) is 47.0 Å². The fourth-order valence-electron chi connectivity index (χ4n) is 3.94. The van der Waals surface area contributed by atoms with Gasteiger partial charge in [-0.2, -0.15) is 0 Å². The summed E-state index contributed by atoms with van der Waals surface area (Å²) in [5, 5.41) is 12.7.